The highest BCUT2D eigenvalue weighted by Crippen LogP contribution is 2.24. The summed E-state index contributed by atoms with van der Waals surface area (Å²) in [7, 11) is 0. The maximum atomic E-state index is 12.6. The number of rotatable bonds is 3. The van der Waals surface area contributed by atoms with Gasteiger partial charge in [-0.15, -0.1) is 0 Å². The first-order valence-corrected chi connectivity index (χ1v) is 9.16. The molecule has 1 amide bonds. The number of hydrogen-bond donors (Lipinski definition) is 0. The van der Waals surface area contributed by atoms with Gasteiger partial charge in [0.15, 0.2) is 0 Å². The monoisotopic (exact) mass is 346 g/mol. The molecule has 0 radical (unpaired) electrons. The van der Waals surface area contributed by atoms with Gasteiger partial charge in [0.25, 0.3) is 5.91 Å². The van der Waals surface area contributed by atoms with Crippen LogP contribution in [0, 0.1) is 5.92 Å². The van der Waals surface area contributed by atoms with Crippen molar-refractivity contribution in [3.05, 3.63) is 66.5 Å². The molecule has 5 heteroatoms. The average molecular weight is 346 g/mol. The zero-order valence-corrected chi connectivity index (χ0v) is 14.7. The number of amides is 1. The van der Waals surface area contributed by atoms with Gasteiger partial charge in [0, 0.05) is 43.3 Å². The van der Waals surface area contributed by atoms with E-state index in [1.165, 1.54) is 22.7 Å². The minimum absolute atomic E-state index is 0.0458. The molecule has 0 spiro atoms. The summed E-state index contributed by atoms with van der Waals surface area (Å²) in [5.74, 6) is 0.656. The molecule has 0 saturated carbocycles. The Bertz CT molecular complexity index is 897. The summed E-state index contributed by atoms with van der Waals surface area (Å²) in [6.45, 7) is 1.61. The summed E-state index contributed by atoms with van der Waals surface area (Å²) < 4.78 is 0. The second-order valence-electron chi connectivity index (χ2n) is 6.98. The van der Waals surface area contributed by atoms with Crippen molar-refractivity contribution >= 4 is 16.7 Å². The van der Waals surface area contributed by atoms with Gasteiger partial charge in [-0.1, -0.05) is 18.2 Å². The minimum atomic E-state index is 0.0458. The Kier molecular flexibility index (Phi) is 4.86. The highest BCUT2D eigenvalue weighted by molar-refractivity contribution is 5.93. The molecule has 3 heterocycles. The number of nitrogens with zero attached hydrogens (tertiary/aromatic N) is 4. The molecule has 1 saturated heterocycles. The van der Waals surface area contributed by atoms with E-state index in [1.54, 1.807) is 12.4 Å². The Labute approximate surface area is 153 Å². The first-order chi connectivity index (χ1) is 12.8. The molecule has 1 aromatic carbocycles. The average Bonchev–Trinajstić information content (AvgIpc) is 2.93. The highest BCUT2D eigenvalue weighted by atomic mass is 16.2. The van der Waals surface area contributed by atoms with Crippen molar-refractivity contribution < 1.29 is 4.79 Å². The topological polar surface area (TPSA) is 59.0 Å². The molecule has 1 aliphatic rings. The summed E-state index contributed by atoms with van der Waals surface area (Å²) in [6.07, 6.45) is 12.7. The molecule has 2 aromatic heterocycles. The third-order valence-corrected chi connectivity index (χ3v) is 5.17. The van der Waals surface area contributed by atoms with E-state index in [0.717, 1.165) is 38.8 Å². The fourth-order valence-electron chi connectivity index (χ4n) is 3.76. The van der Waals surface area contributed by atoms with E-state index < -0.39 is 0 Å². The van der Waals surface area contributed by atoms with E-state index in [1.807, 2.05) is 17.3 Å². The van der Waals surface area contributed by atoms with Crippen LogP contribution in [0.4, 0.5) is 0 Å². The smallest absolute Gasteiger partial charge is 0.256 e. The van der Waals surface area contributed by atoms with Crippen LogP contribution in [0.25, 0.3) is 10.8 Å². The van der Waals surface area contributed by atoms with Crippen LogP contribution in [0.1, 0.15) is 35.2 Å². The van der Waals surface area contributed by atoms with Crippen molar-refractivity contribution in [2.75, 3.05) is 13.1 Å². The van der Waals surface area contributed by atoms with Crippen molar-refractivity contribution in [1.82, 2.24) is 19.9 Å². The molecule has 1 atom stereocenters. The molecule has 0 bridgehead atoms. The molecule has 1 fully saturated rings. The first-order valence-electron chi connectivity index (χ1n) is 9.16. The number of benzene rings is 1. The maximum Gasteiger partial charge on any atom is 0.256 e. The minimum Gasteiger partial charge on any atom is -0.339 e. The fourth-order valence-corrected chi connectivity index (χ4v) is 3.76. The van der Waals surface area contributed by atoms with Crippen LogP contribution >= 0.6 is 0 Å². The summed E-state index contributed by atoms with van der Waals surface area (Å²) in [5.41, 5.74) is 1.94. The molecule has 1 unspecified atom stereocenters. The number of carbonyl (C=O) groups excluding carboxylic acids is 1. The molecular formula is C21H22N4O. The Morgan fingerprint density at radius 1 is 1.00 bits per heavy atom. The molecular weight excluding hydrogens is 324 g/mol. The van der Waals surface area contributed by atoms with Crippen LogP contribution in [0.2, 0.25) is 0 Å². The molecule has 4 rings (SSSR count). The van der Waals surface area contributed by atoms with Crippen LogP contribution in [-0.4, -0.2) is 38.8 Å². The lowest BCUT2D eigenvalue weighted by atomic mass is 9.92. The molecule has 1 aliphatic heterocycles. The first kappa shape index (κ1) is 16.6. The third kappa shape index (κ3) is 3.72. The Balaban J connectivity index is 1.41. The standard InChI is InChI=1S/C21H22N4O/c26-21(20-13-23-15-24-14-20)25-8-1-2-16(6-9-25)10-17-3-4-19-12-22-7-5-18(19)11-17/h3-5,7,11-16H,1-2,6,8-10H2. The highest BCUT2D eigenvalue weighted by Gasteiger charge is 2.22. The van der Waals surface area contributed by atoms with E-state index in [-0.39, 0.29) is 5.91 Å². The molecule has 26 heavy (non-hydrogen) atoms. The quantitative estimate of drug-likeness (QED) is 0.728. The van der Waals surface area contributed by atoms with Gasteiger partial charge < -0.3 is 4.90 Å². The Hall–Kier alpha value is -2.82. The van der Waals surface area contributed by atoms with E-state index in [9.17, 15) is 4.79 Å². The SMILES string of the molecule is O=C(c1cncnc1)N1CCCC(Cc2ccc3cnccc3c2)CC1. The van der Waals surface area contributed by atoms with Gasteiger partial charge in [-0.2, -0.15) is 0 Å². The van der Waals surface area contributed by atoms with E-state index in [2.05, 4.69) is 39.2 Å². The lowest BCUT2D eigenvalue weighted by molar-refractivity contribution is 0.0759. The molecule has 0 aliphatic carbocycles. The lowest BCUT2D eigenvalue weighted by Gasteiger charge is -2.20. The third-order valence-electron chi connectivity index (χ3n) is 5.17. The molecule has 0 N–H and O–H groups in total. The van der Waals surface area contributed by atoms with Crippen LogP contribution < -0.4 is 0 Å². The van der Waals surface area contributed by atoms with Gasteiger partial charge in [-0.3, -0.25) is 9.78 Å². The number of likely N-dealkylation sites (tertiary alicyclic amines) is 1. The van der Waals surface area contributed by atoms with Crippen molar-refractivity contribution in [3.63, 3.8) is 0 Å². The second-order valence-corrected chi connectivity index (χ2v) is 6.98. The zero-order chi connectivity index (χ0) is 17.8. The number of aromatic nitrogens is 3. The second kappa shape index (κ2) is 7.60. The van der Waals surface area contributed by atoms with Gasteiger partial charge in [0.05, 0.1) is 5.56 Å². The van der Waals surface area contributed by atoms with E-state index in [4.69, 9.17) is 0 Å². The van der Waals surface area contributed by atoms with Crippen molar-refractivity contribution in [1.29, 1.82) is 0 Å². The van der Waals surface area contributed by atoms with Crippen molar-refractivity contribution in [3.8, 4) is 0 Å². The van der Waals surface area contributed by atoms with Crippen LogP contribution in [0.15, 0.2) is 55.4 Å². The van der Waals surface area contributed by atoms with Crippen molar-refractivity contribution in [2.45, 2.75) is 25.7 Å². The van der Waals surface area contributed by atoms with E-state index >= 15 is 0 Å². The predicted molar refractivity (Wildman–Crippen MR) is 101 cm³/mol. The fraction of sp³-hybridized carbons (Fsp3) is 0.333. The van der Waals surface area contributed by atoms with Crippen LogP contribution in [0.5, 0.6) is 0 Å². The summed E-state index contributed by atoms with van der Waals surface area (Å²) >= 11 is 0. The number of hydrogen-bond acceptors (Lipinski definition) is 4. The summed E-state index contributed by atoms with van der Waals surface area (Å²) in [4.78, 5) is 26.6. The van der Waals surface area contributed by atoms with Gasteiger partial charge in [0.2, 0.25) is 0 Å². The van der Waals surface area contributed by atoms with Crippen LogP contribution in [-0.2, 0) is 6.42 Å². The van der Waals surface area contributed by atoms with Gasteiger partial charge >= 0.3 is 0 Å². The van der Waals surface area contributed by atoms with Gasteiger partial charge in [0.1, 0.15) is 6.33 Å². The normalized spacial score (nSPS) is 17.8. The Morgan fingerprint density at radius 2 is 1.88 bits per heavy atom. The number of carbonyl (C=O) groups is 1. The van der Waals surface area contributed by atoms with Gasteiger partial charge in [-0.25, -0.2) is 9.97 Å². The van der Waals surface area contributed by atoms with E-state index in [0.29, 0.717) is 11.5 Å². The number of pyridine rings is 1. The summed E-state index contributed by atoms with van der Waals surface area (Å²) in [5, 5.41) is 2.42. The molecule has 5 nitrogen and oxygen atoms in total. The Morgan fingerprint density at radius 3 is 2.77 bits per heavy atom. The van der Waals surface area contributed by atoms with Crippen LogP contribution in [0.3, 0.4) is 0 Å². The summed E-state index contributed by atoms with van der Waals surface area (Å²) in [6, 6.07) is 8.69. The largest absolute Gasteiger partial charge is 0.339 e. The lowest BCUT2D eigenvalue weighted by Crippen LogP contribution is -2.32. The maximum absolute atomic E-state index is 12.6. The number of fused-ring (bicyclic) bond motifs is 1. The zero-order valence-electron chi connectivity index (χ0n) is 14.7. The predicted octanol–water partition coefficient (Wildman–Crippen LogP) is 3.51. The van der Waals surface area contributed by atoms with Gasteiger partial charge in [-0.05, 0) is 48.6 Å². The van der Waals surface area contributed by atoms with Crippen molar-refractivity contribution in [2.24, 2.45) is 5.92 Å². The molecule has 3 aromatic rings. The molecule has 132 valence electrons.